The quantitative estimate of drug-likeness (QED) is 0.885. The molecule has 0 saturated heterocycles. The van der Waals surface area contributed by atoms with Crippen molar-refractivity contribution in [2.45, 2.75) is 51.6 Å². The highest BCUT2D eigenvalue weighted by atomic mass is 32.1. The van der Waals surface area contributed by atoms with Gasteiger partial charge in [0.15, 0.2) is 0 Å². The second-order valence-corrected chi connectivity index (χ2v) is 5.98. The standard InChI is InChI=1S/C14H20N2S/c1-2-12-7-8-13(17-12)10-16-14-6-4-3-5-11(14)9-15/h7-8,11,14,16H,2-6,10H2,1H3. The summed E-state index contributed by atoms with van der Waals surface area (Å²) in [5.74, 6) is 0.217. The molecular weight excluding hydrogens is 228 g/mol. The number of hydrogen-bond donors (Lipinski definition) is 1. The molecule has 0 aliphatic heterocycles. The zero-order valence-corrected chi connectivity index (χ0v) is 11.2. The minimum atomic E-state index is 0.217. The molecule has 1 N–H and O–H groups in total. The SMILES string of the molecule is CCc1ccc(CNC2CCCCC2C#N)s1. The average molecular weight is 248 g/mol. The summed E-state index contributed by atoms with van der Waals surface area (Å²) < 4.78 is 0. The Morgan fingerprint density at radius 2 is 2.12 bits per heavy atom. The molecule has 17 heavy (non-hydrogen) atoms. The highest BCUT2D eigenvalue weighted by molar-refractivity contribution is 7.11. The Bertz CT molecular complexity index is 391. The third-order valence-electron chi connectivity index (χ3n) is 3.54. The van der Waals surface area contributed by atoms with E-state index >= 15 is 0 Å². The lowest BCUT2D eigenvalue weighted by atomic mass is 9.85. The Kier molecular flexibility index (Phi) is 4.58. The van der Waals surface area contributed by atoms with Crippen molar-refractivity contribution >= 4 is 11.3 Å². The van der Waals surface area contributed by atoms with Crippen LogP contribution in [0.3, 0.4) is 0 Å². The van der Waals surface area contributed by atoms with E-state index in [2.05, 4.69) is 30.4 Å². The van der Waals surface area contributed by atoms with E-state index < -0.39 is 0 Å². The predicted octanol–water partition coefficient (Wildman–Crippen LogP) is 3.48. The lowest BCUT2D eigenvalue weighted by molar-refractivity contribution is 0.312. The maximum atomic E-state index is 9.11. The molecule has 2 unspecified atom stereocenters. The first-order valence-corrected chi connectivity index (χ1v) is 7.35. The molecule has 0 bridgehead atoms. The minimum absolute atomic E-state index is 0.217. The number of thiophene rings is 1. The molecule has 1 saturated carbocycles. The van der Waals surface area contributed by atoms with E-state index in [-0.39, 0.29) is 5.92 Å². The van der Waals surface area contributed by atoms with Crippen molar-refractivity contribution in [2.75, 3.05) is 0 Å². The van der Waals surface area contributed by atoms with Gasteiger partial charge in [-0.25, -0.2) is 0 Å². The van der Waals surface area contributed by atoms with Crippen LogP contribution in [0.25, 0.3) is 0 Å². The molecule has 1 fully saturated rings. The number of nitriles is 1. The Morgan fingerprint density at radius 1 is 1.35 bits per heavy atom. The third kappa shape index (κ3) is 3.31. The van der Waals surface area contributed by atoms with Gasteiger partial charge >= 0.3 is 0 Å². The number of rotatable bonds is 4. The van der Waals surface area contributed by atoms with Gasteiger partial charge in [-0.15, -0.1) is 11.3 Å². The summed E-state index contributed by atoms with van der Waals surface area (Å²) >= 11 is 1.88. The van der Waals surface area contributed by atoms with Gasteiger partial charge in [0.25, 0.3) is 0 Å². The van der Waals surface area contributed by atoms with Crippen molar-refractivity contribution < 1.29 is 0 Å². The molecule has 0 amide bonds. The second-order valence-electron chi connectivity index (χ2n) is 4.73. The van der Waals surface area contributed by atoms with Gasteiger partial charge in [0.1, 0.15) is 0 Å². The first-order chi connectivity index (χ1) is 8.33. The zero-order valence-electron chi connectivity index (χ0n) is 10.4. The van der Waals surface area contributed by atoms with Gasteiger partial charge in [-0.2, -0.15) is 5.26 Å². The van der Waals surface area contributed by atoms with Crippen LogP contribution in [0.5, 0.6) is 0 Å². The predicted molar refractivity (Wildman–Crippen MR) is 71.9 cm³/mol. The van der Waals surface area contributed by atoms with Gasteiger partial charge in [-0.05, 0) is 31.4 Å². The van der Waals surface area contributed by atoms with E-state index in [4.69, 9.17) is 5.26 Å². The highest BCUT2D eigenvalue weighted by Crippen LogP contribution is 2.24. The van der Waals surface area contributed by atoms with Crippen molar-refractivity contribution in [3.63, 3.8) is 0 Å². The van der Waals surface area contributed by atoms with Crippen molar-refractivity contribution in [3.05, 3.63) is 21.9 Å². The normalized spacial score (nSPS) is 24.5. The molecular formula is C14H20N2S. The van der Waals surface area contributed by atoms with Crippen LogP contribution in [0.1, 0.15) is 42.4 Å². The van der Waals surface area contributed by atoms with E-state index in [0.29, 0.717) is 6.04 Å². The number of hydrogen-bond acceptors (Lipinski definition) is 3. The zero-order chi connectivity index (χ0) is 12.1. The first kappa shape index (κ1) is 12.6. The Balaban J connectivity index is 1.86. The molecule has 0 spiro atoms. The fraction of sp³-hybridized carbons (Fsp3) is 0.643. The van der Waals surface area contributed by atoms with Gasteiger partial charge in [-0.3, -0.25) is 0 Å². The molecule has 2 nitrogen and oxygen atoms in total. The smallest absolute Gasteiger partial charge is 0.0672 e. The molecule has 0 radical (unpaired) electrons. The Morgan fingerprint density at radius 3 is 2.82 bits per heavy atom. The summed E-state index contributed by atoms with van der Waals surface area (Å²) in [7, 11) is 0. The van der Waals surface area contributed by atoms with Crippen LogP contribution in [0.15, 0.2) is 12.1 Å². The van der Waals surface area contributed by atoms with Crippen LogP contribution < -0.4 is 5.32 Å². The van der Waals surface area contributed by atoms with Gasteiger partial charge in [-0.1, -0.05) is 19.8 Å². The number of nitrogens with one attached hydrogen (secondary N) is 1. The van der Waals surface area contributed by atoms with Gasteiger partial charge in [0.2, 0.25) is 0 Å². The van der Waals surface area contributed by atoms with Crippen LogP contribution >= 0.6 is 11.3 Å². The van der Waals surface area contributed by atoms with Crippen molar-refractivity contribution in [3.8, 4) is 6.07 Å². The van der Waals surface area contributed by atoms with E-state index in [1.807, 2.05) is 11.3 Å². The summed E-state index contributed by atoms with van der Waals surface area (Å²) in [6.45, 7) is 3.11. The topological polar surface area (TPSA) is 35.8 Å². The van der Waals surface area contributed by atoms with Crippen LogP contribution in [0.2, 0.25) is 0 Å². The van der Waals surface area contributed by atoms with E-state index in [0.717, 1.165) is 25.8 Å². The maximum Gasteiger partial charge on any atom is 0.0672 e. The summed E-state index contributed by atoms with van der Waals surface area (Å²) in [4.78, 5) is 2.84. The Hall–Kier alpha value is -0.850. The second kappa shape index (κ2) is 6.18. The van der Waals surface area contributed by atoms with E-state index in [9.17, 15) is 0 Å². The van der Waals surface area contributed by atoms with Crippen molar-refractivity contribution in [2.24, 2.45) is 5.92 Å². The lowest BCUT2D eigenvalue weighted by Crippen LogP contribution is -2.37. The van der Waals surface area contributed by atoms with Crippen LogP contribution in [-0.2, 0) is 13.0 Å². The van der Waals surface area contributed by atoms with Crippen LogP contribution in [-0.4, -0.2) is 6.04 Å². The largest absolute Gasteiger partial charge is 0.308 e. The van der Waals surface area contributed by atoms with E-state index in [1.165, 1.54) is 22.6 Å². The minimum Gasteiger partial charge on any atom is -0.308 e. The van der Waals surface area contributed by atoms with Gasteiger partial charge < -0.3 is 5.32 Å². The molecule has 1 aliphatic rings. The van der Waals surface area contributed by atoms with E-state index in [1.54, 1.807) is 0 Å². The number of aryl methyl sites for hydroxylation is 1. The molecule has 1 aromatic rings. The monoisotopic (exact) mass is 248 g/mol. The third-order valence-corrected chi connectivity index (χ3v) is 4.77. The molecule has 0 aromatic carbocycles. The summed E-state index contributed by atoms with van der Waals surface area (Å²) in [5, 5.41) is 12.7. The average Bonchev–Trinajstić information content (AvgIpc) is 2.84. The molecule has 3 heteroatoms. The van der Waals surface area contributed by atoms with Crippen LogP contribution in [0, 0.1) is 17.2 Å². The maximum absolute atomic E-state index is 9.11. The number of nitrogens with zero attached hydrogens (tertiary/aromatic N) is 1. The first-order valence-electron chi connectivity index (χ1n) is 6.54. The molecule has 1 heterocycles. The highest BCUT2D eigenvalue weighted by Gasteiger charge is 2.24. The molecule has 1 aromatic heterocycles. The fourth-order valence-corrected chi connectivity index (χ4v) is 3.38. The molecule has 92 valence electrons. The van der Waals surface area contributed by atoms with Gasteiger partial charge in [0, 0.05) is 22.3 Å². The fourth-order valence-electron chi connectivity index (χ4n) is 2.47. The summed E-state index contributed by atoms with van der Waals surface area (Å²) in [5.41, 5.74) is 0. The summed E-state index contributed by atoms with van der Waals surface area (Å²) in [6.07, 6.45) is 5.83. The Labute approximate surface area is 108 Å². The lowest BCUT2D eigenvalue weighted by Gasteiger charge is -2.27. The van der Waals surface area contributed by atoms with Crippen LogP contribution in [0.4, 0.5) is 0 Å². The summed E-state index contributed by atoms with van der Waals surface area (Å²) in [6, 6.07) is 7.27. The molecule has 2 atom stereocenters. The van der Waals surface area contributed by atoms with Gasteiger partial charge in [0.05, 0.1) is 12.0 Å². The molecule has 2 rings (SSSR count). The van der Waals surface area contributed by atoms with Crippen molar-refractivity contribution in [1.82, 2.24) is 5.32 Å². The molecule has 1 aliphatic carbocycles. The van der Waals surface area contributed by atoms with Crippen molar-refractivity contribution in [1.29, 1.82) is 5.26 Å².